The standard InChI is InChI=1S/C26H18O3/c27-23-19-12-11-18-17-10-9-13-5-1-2-6-14(13)20(17)15-7-3-4-8-16(15)21(18)22(19)25-26(29-25)24(23)28/h1-12,23-28H/t23-,24+,25-,26+/m0/s1. The minimum atomic E-state index is -0.913. The van der Waals surface area contributed by atoms with Gasteiger partial charge < -0.3 is 14.9 Å². The average Bonchev–Trinajstić information content (AvgIpc) is 3.57. The summed E-state index contributed by atoms with van der Waals surface area (Å²) in [6.07, 6.45) is -2.23. The normalized spacial score (nSPS) is 25.4. The lowest BCUT2D eigenvalue weighted by Crippen LogP contribution is -2.29. The second kappa shape index (κ2) is 5.33. The van der Waals surface area contributed by atoms with Crippen molar-refractivity contribution in [1.82, 2.24) is 0 Å². The van der Waals surface area contributed by atoms with E-state index in [4.69, 9.17) is 4.74 Å². The van der Waals surface area contributed by atoms with Crippen molar-refractivity contribution in [2.24, 2.45) is 0 Å². The predicted molar refractivity (Wildman–Crippen MR) is 115 cm³/mol. The third-order valence-corrected chi connectivity index (χ3v) is 6.75. The lowest BCUT2D eigenvalue weighted by molar-refractivity contribution is 0.000110. The van der Waals surface area contributed by atoms with Gasteiger partial charge >= 0.3 is 0 Å². The second-order valence-electron chi connectivity index (χ2n) is 8.20. The summed E-state index contributed by atoms with van der Waals surface area (Å²) in [6.45, 7) is 0. The van der Waals surface area contributed by atoms with Gasteiger partial charge in [-0.25, -0.2) is 0 Å². The quantitative estimate of drug-likeness (QED) is 0.290. The molecule has 3 heteroatoms. The van der Waals surface area contributed by atoms with E-state index >= 15 is 0 Å². The molecule has 1 heterocycles. The fourth-order valence-electron chi connectivity index (χ4n) is 5.40. The van der Waals surface area contributed by atoms with Crippen LogP contribution in [0.15, 0.2) is 72.8 Å². The van der Waals surface area contributed by atoms with E-state index in [-0.39, 0.29) is 12.2 Å². The van der Waals surface area contributed by atoms with Gasteiger partial charge in [-0.2, -0.15) is 0 Å². The molecule has 0 bridgehead atoms. The highest BCUT2D eigenvalue weighted by Crippen LogP contribution is 2.54. The monoisotopic (exact) mass is 378 g/mol. The number of aliphatic hydroxyl groups excluding tert-OH is 2. The summed E-state index contributed by atoms with van der Waals surface area (Å²) in [5.74, 6) is 0. The molecule has 140 valence electrons. The van der Waals surface area contributed by atoms with E-state index in [9.17, 15) is 10.2 Å². The van der Waals surface area contributed by atoms with Crippen LogP contribution in [0, 0.1) is 0 Å². The lowest BCUT2D eigenvalue weighted by atomic mass is 9.81. The fourth-order valence-corrected chi connectivity index (χ4v) is 5.40. The van der Waals surface area contributed by atoms with Gasteiger partial charge in [0.15, 0.2) is 0 Å². The molecule has 2 N–H and O–H groups in total. The van der Waals surface area contributed by atoms with Crippen molar-refractivity contribution >= 4 is 43.1 Å². The third-order valence-electron chi connectivity index (χ3n) is 6.75. The highest BCUT2D eigenvalue weighted by atomic mass is 16.6. The first-order valence-electron chi connectivity index (χ1n) is 10.0. The average molecular weight is 378 g/mol. The van der Waals surface area contributed by atoms with Crippen LogP contribution < -0.4 is 0 Å². The van der Waals surface area contributed by atoms with E-state index in [1.807, 2.05) is 6.07 Å². The van der Waals surface area contributed by atoms with Crippen molar-refractivity contribution in [2.75, 3.05) is 0 Å². The Balaban J connectivity index is 1.76. The molecule has 0 aromatic heterocycles. The van der Waals surface area contributed by atoms with Gasteiger partial charge in [-0.15, -0.1) is 0 Å². The number of fused-ring (bicyclic) bond motifs is 12. The van der Waals surface area contributed by atoms with E-state index in [0.717, 1.165) is 16.5 Å². The summed E-state index contributed by atoms with van der Waals surface area (Å²) in [5, 5.41) is 30.6. The van der Waals surface area contributed by atoms with E-state index in [2.05, 4.69) is 66.7 Å². The Bertz CT molecular complexity index is 1470. The first-order chi connectivity index (χ1) is 14.2. The number of benzene rings is 5. The van der Waals surface area contributed by atoms with E-state index in [0.29, 0.717) is 0 Å². The van der Waals surface area contributed by atoms with Gasteiger partial charge in [0.05, 0.1) is 0 Å². The SMILES string of the molecule is O[C@H]1[C@H]2O[C@H]2c2c(ccc3c4ccc5ccccc5c4c4ccccc4c23)[C@@H]1O. The summed E-state index contributed by atoms with van der Waals surface area (Å²) in [5.41, 5.74) is 1.82. The number of hydrogen-bond acceptors (Lipinski definition) is 3. The first-order valence-corrected chi connectivity index (χ1v) is 10.0. The molecule has 7 rings (SSSR count). The summed E-state index contributed by atoms with van der Waals surface area (Å²) in [4.78, 5) is 0. The van der Waals surface area contributed by atoms with Gasteiger partial charge in [0, 0.05) is 0 Å². The summed E-state index contributed by atoms with van der Waals surface area (Å²) >= 11 is 0. The van der Waals surface area contributed by atoms with Crippen LogP contribution in [-0.2, 0) is 4.74 Å². The highest BCUT2D eigenvalue weighted by Gasteiger charge is 2.54. The fraction of sp³-hybridized carbons (Fsp3) is 0.154. The largest absolute Gasteiger partial charge is 0.387 e. The van der Waals surface area contributed by atoms with Crippen molar-refractivity contribution in [1.29, 1.82) is 0 Å². The Kier molecular flexibility index (Phi) is 2.92. The Morgan fingerprint density at radius 3 is 2.07 bits per heavy atom. The molecule has 4 atom stereocenters. The number of hydrogen-bond donors (Lipinski definition) is 2. The summed E-state index contributed by atoms with van der Waals surface area (Å²) < 4.78 is 5.82. The minimum Gasteiger partial charge on any atom is -0.387 e. The number of epoxide rings is 1. The molecule has 1 aliphatic carbocycles. The smallest absolute Gasteiger partial charge is 0.118 e. The van der Waals surface area contributed by atoms with Crippen LogP contribution in [0.3, 0.4) is 0 Å². The van der Waals surface area contributed by atoms with Crippen LogP contribution in [0.25, 0.3) is 43.1 Å². The minimum absolute atomic E-state index is 0.145. The zero-order valence-corrected chi connectivity index (χ0v) is 15.5. The van der Waals surface area contributed by atoms with Crippen LogP contribution in [-0.4, -0.2) is 22.4 Å². The predicted octanol–water partition coefficient (Wildman–Crippen LogP) is 5.15. The van der Waals surface area contributed by atoms with Crippen molar-refractivity contribution in [3.8, 4) is 0 Å². The Morgan fingerprint density at radius 2 is 1.24 bits per heavy atom. The van der Waals surface area contributed by atoms with E-state index in [1.54, 1.807) is 0 Å². The van der Waals surface area contributed by atoms with Crippen LogP contribution in [0.4, 0.5) is 0 Å². The van der Waals surface area contributed by atoms with Gasteiger partial charge in [-0.05, 0) is 54.2 Å². The molecule has 0 unspecified atom stereocenters. The summed E-state index contributed by atoms with van der Waals surface area (Å²) in [7, 11) is 0. The highest BCUT2D eigenvalue weighted by molar-refractivity contribution is 6.32. The van der Waals surface area contributed by atoms with Crippen molar-refractivity contribution in [3.63, 3.8) is 0 Å². The molecule has 1 saturated heterocycles. The molecule has 0 spiro atoms. The van der Waals surface area contributed by atoms with Gasteiger partial charge in [0.25, 0.3) is 0 Å². The topological polar surface area (TPSA) is 53.0 Å². The molecule has 5 aromatic carbocycles. The first kappa shape index (κ1) is 15.9. The van der Waals surface area contributed by atoms with Crippen LogP contribution in [0.5, 0.6) is 0 Å². The molecular formula is C26H18O3. The van der Waals surface area contributed by atoms with Crippen molar-refractivity contribution in [2.45, 2.75) is 24.4 Å². The molecule has 3 nitrogen and oxygen atoms in total. The molecule has 0 saturated carbocycles. The van der Waals surface area contributed by atoms with Crippen LogP contribution in [0.1, 0.15) is 23.3 Å². The molecule has 1 fully saturated rings. The van der Waals surface area contributed by atoms with Crippen LogP contribution >= 0.6 is 0 Å². The molecule has 2 aliphatic rings. The van der Waals surface area contributed by atoms with E-state index in [1.165, 1.54) is 37.7 Å². The molecule has 0 amide bonds. The van der Waals surface area contributed by atoms with E-state index < -0.39 is 12.2 Å². The molecule has 1 aliphatic heterocycles. The summed E-state index contributed by atoms with van der Waals surface area (Å²) in [6, 6.07) is 25.4. The van der Waals surface area contributed by atoms with Gasteiger partial charge in [-0.1, -0.05) is 72.8 Å². The maximum Gasteiger partial charge on any atom is 0.118 e. The van der Waals surface area contributed by atoms with Crippen LogP contribution in [0.2, 0.25) is 0 Å². The number of rotatable bonds is 0. The van der Waals surface area contributed by atoms with Crippen molar-refractivity contribution in [3.05, 3.63) is 83.9 Å². The second-order valence-corrected chi connectivity index (χ2v) is 8.20. The maximum absolute atomic E-state index is 10.7. The number of ether oxygens (including phenoxy) is 1. The van der Waals surface area contributed by atoms with Gasteiger partial charge in [-0.3, -0.25) is 0 Å². The Hall–Kier alpha value is -2.98. The zero-order chi connectivity index (χ0) is 19.3. The molecular weight excluding hydrogens is 360 g/mol. The van der Waals surface area contributed by atoms with Gasteiger partial charge in [0.1, 0.15) is 24.4 Å². The molecule has 29 heavy (non-hydrogen) atoms. The van der Waals surface area contributed by atoms with Gasteiger partial charge in [0.2, 0.25) is 0 Å². The van der Waals surface area contributed by atoms with Crippen molar-refractivity contribution < 1.29 is 14.9 Å². The Labute approximate surface area is 166 Å². The lowest BCUT2D eigenvalue weighted by Gasteiger charge is -2.25. The molecule has 5 aromatic rings. The molecule has 0 radical (unpaired) electrons. The Morgan fingerprint density at radius 1 is 0.621 bits per heavy atom. The maximum atomic E-state index is 10.7. The number of aliphatic hydroxyl groups is 2. The zero-order valence-electron chi connectivity index (χ0n) is 15.5. The third kappa shape index (κ3) is 1.92.